The Morgan fingerprint density at radius 1 is 0.700 bits per heavy atom. The highest BCUT2D eigenvalue weighted by Gasteiger charge is 2.49. The van der Waals surface area contributed by atoms with Crippen LogP contribution in [0.25, 0.3) is 0 Å². The summed E-state index contributed by atoms with van der Waals surface area (Å²) in [5, 5.41) is 0. The van der Waals surface area contributed by atoms with Crippen LogP contribution in [0.3, 0.4) is 0 Å². The average Bonchev–Trinajstić information content (AvgIpc) is 2.35. The molecule has 0 atom stereocenters. The second-order valence-electron chi connectivity index (χ2n) is 6.43. The summed E-state index contributed by atoms with van der Waals surface area (Å²) in [5.74, 6) is 0. The van der Waals surface area contributed by atoms with E-state index < -0.39 is 20.2 Å². The molecular weight excluding hydrogens is 304 g/mol. The summed E-state index contributed by atoms with van der Waals surface area (Å²) >= 11 is 0. The summed E-state index contributed by atoms with van der Waals surface area (Å²) in [6.07, 6.45) is 7.36. The molecule has 0 aromatic heterocycles. The lowest BCUT2D eigenvalue weighted by atomic mass is 9.54. The third kappa shape index (κ3) is 4.16. The fraction of sp³-hybridized carbons (Fsp3) is 1.00. The monoisotopic (exact) mass is 326 g/mol. The van der Waals surface area contributed by atoms with Gasteiger partial charge in [0.15, 0.2) is 0 Å². The van der Waals surface area contributed by atoms with Crippen molar-refractivity contribution in [2.75, 3.05) is 25.7 Å². The van der Waals surface area contributed by atoms with Gasteiger partial charge in [-0.1, -0.05) is 0 Å². The lowest BCUT2D eigenvalue weighted by molar-refractivity contribution is -0.0538. The van der Waals surface area contributed by atoms with E-state index >= 15 is 0 Å². The van der Waals surface area contributed by atoms with Crippen molar-refractivity contribution in [1.29, 1.82) is 0 Å². The van der Waals surface area contributed by atoms with Crippen molar-refractivity contribution < 1.29 is 25.2 Å². The number of hydrogen-bond donors (Lipinski definition) is 0. The van der Waals surface area contributed by atoms with E-state index in [-0.39, 0.29) is 24.0 Å². The Balaban J connectivity index is 1.93. The molecule has 0 N–H and O–H groups in total. The van der Waals surface area contributed by atoms with Gasteiger partial charge in [-0.15, -0.1) is 0 Å². The van der Waals surface area contributed by atoms with Crippen LogP contribution in [0, 0.1) is 10.8 Å². The molecule has 6 nitrogen and oxygen atoms in total. The van der Waals surface area contributed by atoms with Gasteiger partial charge < -0.3 is 0 Å². The zero-order chi connectivity index (χ0) is 15.1. The Kier molecular flexibility index (Phi) is 4.23. The summed E-state index contributed by atoms with van der Waals surface area (Å²) in [5.41, 5.74) is -0.119. The molecule has 3 aliphatic rings. The lowest BCUT2D eigenvalue weighted by Crippen LogP contribution is -2.46. The maximum atomic E-state index is 11.1. The molecule has 0 aliphatic heterocycles. The molecule has 118 valence electrons. The van der Waals surface area contributed by atoms with E-state index in [9.17, 15) is 16.8 Å². The van der Waals surface area contributed by atoms with Crippen LogP contribution in [0.1, 0.15) is 38.5 Å². The van der Waals surface area contributed by atoms with E-state index in [0.717, 1.165) is 51.0 Å². The highest BCUT2D eigenvalue weighted by Crippen LogP contribution is 2.57. The molecule has 3 rings (SSSR count). The second kappa shape index (κ2) is 5.23. The van der Waals surface area contributed by atoms with Gasteiger partial charge in [-0.3, -0.25) is 8.37 Å². The van der Waals surface area contributed by atoms with Crippen LogP contribution in [-0.4, -0.2) is 42.6 Å². The molecule has 0 heterocycles. The smallest absolute Gasteiger partial charge is 0.264 e. The quantitative estimate of drug-likeness (QED) is 0.683. The van der Waals surface area contributed by atoms with Crippen LogP contribution in [-0.2, 0) is 28.6 Å². The van der Waals surface area contributed by atoms with Gasteiger partial charge in [0, 0.05) is 0 Å². The topological polar surface area (TPSA) is 86.7 Å². The minimum absolute atomic E-state index is 0.0596. The zero-order valence-corrected chi connectivity index (χ0v) is 13.6. The molecule has 0 aromatic carbocycles. The summed E-state index contributed by atoms with van der Waals surface area (Å²) in [4.78, 5) is 0. The van der Waals surface area contributed by atoms with E-state index in [0.29, 0.717) is 0 Å². The molecule has 0 unspecified atom stereocenters. The van der Waals surface area contributed by atoms with Crippen molar-refractivity contribution in [3.05, 3.63) is 0 Å². The first-order valence-electron chi connectivity index (χ1n) is 6.72. The second-order valence-corrected chi connectivity index (χ2v) is 9.72. The van der Waals surface area contributed by atoms with Gasteiger partial charge in [-0.25, -0.2) is 0 Å². The Morgan fingerprint density at radius 3 is 1.15 bits per heavy atom. The van der Waals surface area contributed by atoms with E-state index in [4.69, 9.17) is 8.37 Å². The summed E-state index contributed by atoms with van der Waals surface area (Å²) in [6, 6.07) is 0. The fourth-order valence-electron chi connectivity index (χ4n) is 3.24. The number of fused-ring (bicyclic) bond motifs is 3. The molecule has 3 saturated carbocycles. The molecule has 8 heteroatoms. The van der Waals surface area contributed by atoms with Crippen LogP contribution in [0.5, 0.6) is 0 Å². The largest absolute Gasteiger partial charge is 0.270 e. The van der Waals surface area contributed by atoms with E-state index in [1.807, 2.05) is 0 Å². The third-order valence-electron chi connectivity index (χ3n) is 4.72. The number of hydrogen-bond acceptors (Lipinski definition) is 6. The van der Waals surface area contributed by atoms with Crippen molar-refractivity contribution in [1.82, 2.24) is 0 Å². The molecular formula is C12H22O6S2. The fourth-order valence-corrected chi connectivity index (χ4v) is 4.17. The molecule has 2 bridgehead atoms. The van der Waals surface area contributed by atoms with E-state index in [2.05, 4.69) is 0 Å². The van der Waals surface area contributed by atoms with Crippen molar-refractivity contribution in [3.8, 4) is 0 Å². The Morgan fingerprint density at radius 2 is 0.950 bits per heavy atom. The van der Waals surface area contributed by atoms with Gasteiger partial charge in [0.2, 0.25) is 0 Å². The normalized spacial score (nSPS) is 34.3. The molecule has 0 amide bonds. The van der Waals surface area contributed by atoms with Crippen molar-refractivity contribution in [3.63, 3.8) is 0 Å². The molecule has 0 radical (unpaired) electrons. The van der Waals surface area contributed by atoms with E-state index in [1.165, 1.54) is 0 Å². The van der Waals surface area contributed by atoms with Gasteiger partial charge >= 0.3 is 0 Å². The van der Waals surface area contributed by atoms with Gasteiger partial charge in [0.05, 0.1) is 25.7 Å². The minimum atomic E-state index is -3.40. The Hall–Kier alpha value is -0.180. The highest BCUT2D eigenvalue weighted by molar-refractivity contribution is 7.86. The minimum Gasteiger partial charge on any atom is -0.270 e. The summed E-state index contributed by atoms with van der Waals surface area (Å²) in [6.45, 7) is 0.490. The Bertz CT molecular complexity index is 486. The SMILES string of the molecule is CS(=O)(=O)OCC12CCC(COS(C)(=O)=O)(CC1)CC2. The first-order valence-corrected chi connectivity index (χ1v) is 10.4. The van der Waals surface area contributed by atoms with Crippen LogP contribution in [0.15, 0.2) is 0 Å². The third-order valence-corrected chi connectivity index (χ3v) is 5.81. The van der Waals surface area contributed by atoms with Crippen LogP contribution < -0.4 is 0 Å². The molecule has 0 saturated heterocycles. The highest BCUT2D eigenvalue weighted by atomic mass is 32.2. The molecule has 3 fully saturated rings. The zero-order valence-electron chi connectivity index (χ0n) is 11.9. The maximum Gasteiger partial charge on any atom is 0.264 e. The Labute approximate surface area is 121 Å². The molecule has 0 aromatic rings. The van der Waals surface area contributed by atoms with Crippen molar-refractivity contribution in [2.24, 2.45) is 10.8 Å². The number of rotatable bonds is 6. The maximum absolute atomic E-state index is 11.1. The van der Waals surface area contributed by atoms with Gasteiger partial charge in [0.1, 0.15) is 0 Å². The van der Waals surface area contributed by atoms with Crippen LogP contribution in [0.4, 0.5) is 0 Å². The molecule has 0 spiro atoms. The lowest BCUT2D eigenvalue weighted by Gasteiger charge is -2.52. The van der Waals surface area contributed by atoms with E-state index in [1.54, 1.807) is 0 Å². The van der Waals surface area contributed by atoms with Gasteiger partial charge in [0.25, 0.3) is 20.2 Å². The first kappa shape index (κ1) is 16.2. The van der Waals surface area contributed by atoms with Gasteiger partial charge in [-0.2, -0.15) is 16.8 Å². The predicted molar refractivity (Wildman–Crippen MR) is 74.2 cm³/mol. The molecule has 20 heavy (non-hydrogen) atoms. The molecule has 3 aliphatic carbocycles. The van der Waals surface area contributed by atoms with Crippen molar-refractivity contribution >= 4 is 20.2 Å². The van der Waals surface area contributed by atoms with Crippen LogP contribution in [0.2, 0.25) is 0 Å². The predicted octanol–water partition coefficient (Wildman–Crippen LogP) is 1.28. The van der Waals surface area contributed by atoms with Gasteiger partial charge in [-0.05, 0) is 49.4 Å². The van der Waals surface area contributed by atoms with Crippen LogP contribution >= 0.6 is 0 Å². The van der Waals surface area contributed by atoms with Crippen molar-refractivity contribution in [2.45, 2.75) is 38.5 Å². The standard InChI is InChI=1S/C12H22O6S2/c1-19(13,14)17-9-11-3-6-12(7-4-11,8-5-11)10-18-20(2,15)16/h3-10H2,1-2H3. The first-order chi connectivity index (χ1) is 9.04. The average molecular weight is 326 g/mol. The summed E-state index contributed by atoms with van der Waals surface area (Å²) < 4.78 is 54.4. The summed E-state index contributed by atoms with van der Waals surface area (Å²) in [7, 11) is -6.81.